The Morgan fingerprint density at radius 1 is 1.28 bits per heavy atom. The fourth-order valence-corrected chi connectivity index (χ4v) is 2.84. The summed E-state index contributed by atoms with van der Waals surface area (Å²) in [5.74, 6) is 0.799. The Balaban J connectivity index is 1.64. The number of aromatic nitrogens is 1. The molecule has 18 heavy (non-hydrogen) atoms. The van der Waals surface area contributed by atoms with Gasteiger partial charge in [0.15, 0.2) is 0 Å². The van der Waals surface area contributed by atoms with E-state index in [1.165, 1.54) is 29.3 Å². The Labute approximate surface area is 109 Å². The number of benzene rings is 1. The highest BCUT2D eigenvalue weighted by molar-refractivity contribution is 5.82. The van der Waals surface area contributed by atoms with E-state index in [0.29, 0.717) is 5.41 Å². The van der Waals surface area contributed by atoms with E-state index < -0.39 is 0 Å². The largest absolute Gasteiger partial charge is 0.361 e. The predicted octanol–water partition coefficient (Wildman–Crippen LogP) is 3.69. The number of H-pyrrole nitrogens is 1. The Kier molecular flexibility index (Phi) is 2.90. The zero-order chi connectivity index (χ0) is 12.6. The second kappa shape index (κ2) is 4.43. The zero-order valence-electron chi connectivity index (χ0n) is 11.3. The molecule has 2 aromatic rings. The Morgan fingerprint density at radius 3 is 2.78 bits per heavy atom. The van der Waals surface area contributed by atoms with Crippen LogP contribution in [0.3, 0.4) is 0 Å². The van der Waals surface area contributed by atoms with E-state index in [1.54, 1.807) is 0 Å². The Bertz CT molecular complexity index is 535. The SMILES string of the molecule is CC(C)C1(CNCc2c[nH]c3ccccc23)CC1. The molecule has 0 aliphatic heterocycles. The summed E-state index contributed by atoms with van der Waals surface area (Å²) in [5.41, 5.74) is 3.20. The van der Waals surface area contributed by atoms with Crippen LogP contribution in [0.2, 0.25) is 0 Å². The maximum absolute atomic E-state index is 3.64. The molecule has 2 N–H and O–H groups in total. The van der Waals surface area contributed by atoms with E-state index in [9.17, 15) is 0 Å². The maximum Gasteiger partial charge on any atom is 0.0457 e. The van der Waals surface area contributed by atoms with Crippen molar-refractivity contribution in [3.8, 4) is 0 Å². The van der Waals surface area contributed by atoms with Gasteiger partial charge in [-0.15, -0.1) is 0 Å². The quantitative estimate of drug-likeness (QED) is 0.822. The van der Waals surface area contributed by atoms with Gasteiger partial charge in [-0.25, -0.2) is 0 Å². The van der Waals surface area contributed by atoms with Crippen LogP contribution in [0.5, 0.6) is 0 Å². The summed E-state index contributed by atoms with van der Waals surface area (Å²) in [6.07, 6.45) is 4.92. The summed E-state index contributed by atoms with van der Waals surface area (Å²) in [4.78, 5) is 3.33. The van der Waals surface area contributed by atoms with E-state index >= 15 is 0 Å². The smallest absolute Gasteiger partial charge is 0.0457 e. The highest BCUT2D eigenvalue weighted by atomic mass is 14.9. The lowest BCUT2D eigenvalue weighted by atomic mass is 9.92. The first-order valence-corrected chi connectivity index (χ1v) is 6.97. The summed E-state index contributed by atoms with van der Waals surface area (Å²) in [7, 11) is 0. The van der Waals surface area contributed by atoms with Gasteiger partial charge in [0.05, 0.1) is 0 Å². The van der Waals surface area contributed by atoms with E-state index in [2.05, 4.69) is 54.6 Å². The molecular weight excluding hydrogens is 220 g/mol. The molecule has 2 heteroatoms. The summed E-state index contributed by atoms with van der Waals surface area (Å²) in [6, 6.07) is 8.51. The third-order valence-corrected chi connectivity index (χ3v) is 4.58. The molecule has 0 bridgehead atoms. The second-order valence-corrected chi connectivity index (χ2v) is 5.98. The highest BCUT2D eigenvalue weighted by Gasteiger charge is 2.44. The summed E-state index contributed by atoms with van der Waals surface area (Å²) in [5, 5.41) is 4.99. The normalized spacial score (nSPS) is 17.5. The van der Waals surface area contributed by atoms with E-state index in [0.717, 1.165) is 19.0 Å². The van der Waals surface area contributed by atoms with Gasteiger partial charge in [0.25, 0.3) is 0 Å². The number of fused-ring (bicyclic) bond motifs is 1. The molecule has 1 fully saturated rings. The molecule has 1 aromatic heterocycles. The maximum atomic E-state index is 3.64. The zero-order valence-corrected chi connectivity index (χ0v) is 11.3. The van der Waals surface area contributed by atoms with Crippen LogP contribution in [0.1, 0.15) is 32.3 Å². The van der Waals surface area contributed by atoms with Gasteiger partial charge in [0, 0.05) is 30.2 Å². The minimum absolute atomic E-state index is 0.589. The molecule has 3 rings (SSSR count). The Hall–Kier alpha value is -1.28. The number of aromatic amines is 1. The van der Waals surface area contributed by atoms with Crippen molar-refractivity contribution in [3.63, 3.8) is 0 Å². The van der Waals surface area contributed by atoms with Crippen LogP contribution in [0.15, 0.2) is 30.5 Å². The first-order chi connectivity index (χ1) is 8.71. The van der Waals surface area contributed by atoms with Crippen LogP contribution >= 0.6 is 0 Å². The molecule has 0 radical (unpaired) electrons. The molecule has 1 heterocycles. The van der Waals surface area contributed by atoms with E-state index in [4.69, 9.17) is 0 Å². The van der Waals surface area contributed by atoms with E-state index in [-0.39, 0.29) is 0 Å². The number of nitrogens with one attached hydrogen (secondary N) is 2. The molecule has 0 atom stereocenters. The molecule has 1 aliphatic carbocycles. The topological polar surface area (TPSA) is 27.8 Å². The van der Waals surface area contributed by atoms with Crippen LogP contribution in [-0.4, -0.2) is 11.5 Å². The fourth-order valence-electron chi connectivity index (χ4n) is 2.84. The number of hydrogen-bond acceptors (Lipinski definition) is 1. The van der Waals surface area contributed by atoms with Gasteiger partial charge in [-0.1, -0.05) is 32.0 Å². The monoisotopic (exact) mass is 242 g/mol. The van der Waals surface area contributed by atoms with Crippen LogP contribution in [0, 0.1) is 11.3 Å². The lowest BCUT2D eigenvalue weighted by Gasteiger charge is -2.19. The van der Waals surface area contributed by atoms with Crippen LogP contribution in [-0.2, 0) is 6.54 Å². The van der Waals surface area contributed by atoms with Crippen molar-refractivity contribution < 1.29 is 0 Å². The number of para-hydroxylation sites is 1. The van der Waals surface area contributed by atoms with Gasteiger partial charge < -0.3 is 10.3 Å². The van der Waals surface area contributed by atoms with Gasteiger partial charge in [-0.2, -0.15) is 0 Å². The molecule has 1 saturated carbocycles. The van der Waals surface area contributed by atoms with Crippen LogP contribution < -0.4 is 5.32 Å². The van der Waals surface area contributed by atoms with Gasteiger partial charge in [0.1, 0.15) is 0 Å². The molecule has 1 aliphatic rings. The lowest BCUT2D eigenvalue weighted by Crippen LogP contribution is -2.27. The first-order valence-electron chi connectivity index (χ1n) is 6.97. The fraction of sp³-hybridized carbons (Fsp3) is 0.500. The van der Waals surface area contributed by atoms with Crippen molar-refractivity contribution in [2.24, 2.45) is 11.3 Å². The molecular formula is C16H22N2. The van der Waals surface area contributed by atoms with Crippen molar-refractivity contribution in [1.29, 1.82) is 0 Å². The summed E-state index contributed by atoms with van der Waals surface area (Å²) < 4.78 is 0. The lowest BCUT2D eigenvalue weighted by molar-refractivity contribution is 0.338. The molecule has 2 nitrogen and oxygen atoms in total. The third-order valence-electron chi connectivity index (χ3n) is 4.58. The average molecular weight is 242 g/mol. The molecule has 96 valence electrons. The number of hydrogen-bond donors (Lipinski definition) is 2. The summed E-state index contributed by atoms with van der Waals surface area (Å²) in [6.45, 7) is 6.82. The standard InChI is InChI=1S/C16H22N2/c1-12(2)16(7-8-16)11-17-9-13-10-18-15-6-4-3-5-14(13)15/h3-6,10,12,17-18H,7-9,11H2,1-2H3. The minimum atomic E-state index is 0.589. The van der Waals surface area contributed by atoms with Crippen molar-refractivity contribution >= 4 is 10.9 Å². The predicted molar refractivity (Wildman–Crippen MR) is 76.5 cm³/mol. The Morgan fingerprint density at radius 2 is 2.06 bits per heavy atom. The van der Waals surface area contributed by atoms with Crippen molar-refractivity contribution in [3.05, 3.63) is 36.0 Å². The van der Waals surface area contributed by atoms with Crippen molar-refractivity contribution in [2.45, 2.75) is 33.2 Å². The van der Waals surface area contributed by atoms with Crippen molar-refractivity contribution in [2.75, 3.05) is 6.54 Å². The van der Waals surface area contributed by atoms with Gasteiger partial charge in [-0.3, -0.25) is 0 Å². The molecule has 1 aromatic carbocycles. The van der Waals surface area contributed by atoms with Crippen LogP contribution in [0.4, 0.5) is 0 Å². The highest BCUT2D eigenvalue weighted by Crippen LogP contribution is 2.51. The van der Waals surface area contributed by atoms with Gasteiger partial charge in [-0.05, 0) is 35.8 Å². The number of rotatable bonds is 5. The molecule has 0 spiro atoms. The first kappa shape index (κ1) is 11.8. The van der Waals surface area contributed by atoms with Gasteiger partial charge in [0.2, 0.25) is 0 Å². The molecule has 0 unspecified atom stereocenters. The average Bonchev–Trinajstić information content (AvgIpc) is 3.06. The summed E-state index contributed by atoms with van der Waals surface area (Å²) >= 11 is 0. The molecule has 0 amide bonds. The third kappa shape index (κ3) is 2.05. The minimum Gasteiger partial charge on any atom is -0.361 e. The molecule has 0 saturated heterocycles. The van der Waals surface area contributed by atoms with E-state index in [1.807, 2.05) is 0 Å². The second-order valence-electron chi connectivity index (χ2n) is 5.98. The van der Waals surface area contributed by atoms with Crippen LogP contribution in [0.25, 0.3) is 10.9 Å². The van der Waals surface area contributed by atoms with Gasteiger partial charge >= 0.3 is 0 Å². The van der Waals surface area contributed by atoms with Crippen molar-refractivity contribution in [1.82, 2.24) is 10.3 Å².